The van der Waals surface area contributed by atoms with E-state index < -0.39 is 28.2 Å². The molecule has 0 bridgehead atoms. The summed E-state index contributed by atoms with van der Waals surface area (Å²) in [6.45, 7) is 0. The molecule has 0 aliphatic heterocycles. The van der Waals surface area contributed by atoms with Crippen molar-refractivity contribution >= 4 is 17.3 Å². The zero-order valence-electron chi connectivity index (χ0n) is 9.97. The van der Waals surface area contributed by atoms with E-state index in [1.807, 2.05) is 0 Å². The number of halogens is 2. The van der Waals surface area contributed by atoms with E-state index in [1.165, 1.54) is 18.2 Å². The highest BCUT2D eigenvalue weighted by Gasteiger charge is 2.17. The molecule has 1 amide bonds. The molecule has 20 heavy (non-hydrogen) atoms. The summed E-state index contributed by atoms with van der Waals surface area (Å²) in [5, 5.41) is 12.9. The second kappa shape index (κ2) is 5.43. The zero-order valence-corrected chi connectivity index (χ0v) is 9.97. The van der Waals surface area contributed by atoms with E-state index in [0.29, 0.717) is 0 Å². The number of benzene rings is 2. The maximum absolute atomic E-state index is 13.1. The number of hydrogen-bond donors (Lipinski definition) is 1. The van der Waals surface area contributed by atoms with E-state index in [4.69, 9.17) is 0 Å². The summed E-state index contributed by atoms with van der Waals surface area (Å²) in [6, 6.07) is 7.92. The first kappa shape index (κ1) is 13.6. The van der Waals surface area contributed by atoms with Gasteiger partial charge in [-0.3, -0.25) is 14.9 Å². The second-order valence-electron chi connectivity index (χ2n) is 3.89. The first-order valence-electron chi connectivity index (χ1n) is 5.48. The Balaban J connectivity index is 2.26. The van der Waals surface area contributed by atoms with Gasteiger partial charge in [0.05, 0.1) is 4.92 Å². The van der Waals surface area contributed by atoms with E-state index in [-0.39, 0.29) is 11.3 Å². The number of carbonyl (C=O) groups excluding carboxylic acids is 1. The lowest BCUT2D eigenvalue weighted by Gasteiger charge is -2.05. The Morgan fingerprint density at radius 1 is 1.15 bits per heavy atom. The predicted octanol–water partition coefficient (Wildman–Crippen LogP) is 3.13. The number of anilines is 1. The van der Waals surface area contributed by atoms with Gasteiger partial charge < -0.3 is 5.32 Å². The largest absolute Gasteiger partial charge is 0.322 e. The number of nitro benzene ring substituents is 1. The molecule has 2 aromatic rings. The fourth-order valence-electron chi connectivity index (χ4n) is 1.56. The summed E-state index contributed by atoms with van der Waals surface area (Å²) in [5.41, 5.74) is -0.693. The van der Waals surface area contributed by atoms with Crippen molar-refractivity contribution in [1.29, 1.82) is 0 Å². The molecule has 0 aliphatic rings. The van der Waals surface area contributed by atoms with Gasteiger partial charge in [-0.1, -0.05) is 6.07 Å². The molecule has 0 saturated carbocycles. The van der Waals surface area contributed by atoms with Crippen LogP contribution in [0.2, 0.25) is 0 Å². The van der Waals surface area contributed by atoms with Crippen LogP contribution in [-0.4, -0.2) is 10.8 Å². The first-order valence-corrected chi connectivity index (χ1v) is 5.48. The van der Waals surface area contributed by atoms with Crippen LogP contribution in [0.15, 0.2) is 42.5 Å². The summed E-state index contributed by atoms with van der Waals surface area (Å²) in [7, 11) is 0. The molecule has 0 fully saturated rings. The van der Waals surface area contributed by atoms with Gasteiger partial charge in [-0.2, -0.15) is 4.39 Å². The summed E-state index contributed by atoms with van der Waals surface area (Å²) < 4.78 is 26.1. The Bertz CT molecular complexity index is 689. The van der Waals surface area contributed by atoms with E-state index in [9.17, 15) is 23.7 Å². The molecule has 1 N–H and O–H groups in total. The Labute approximate surface area is 112 Å². The molecule has 5 nitrogen and oxygen atoms in total. The van der Waals surface area contributed by atoms with Crippen molar-refractivity contribution in [3.05, 3.63) is 69.8 Å². The van der Waals surface area contributed by atoms with Crippen LogP contribution in [0.3, 0.4) is 0 Å². The lowest BCUT2D eigenvalue weighted by atomic mass is 10.1. The Morgan fingerprint density at radius 3 is 2.55 bits per heavy atom. The van der Waals surface area contributed by atoms with Crippen LogP contribution < -0.4 is 5.32 Å². The van der Waals surface area contributed by atoms with Gasteiger partial charge in [0, 0.05) is 17.3 Å². The SMILES string of the molecule is O=C(Nc1cccc(F)c1)c1ccc(F)c([N+](=O)[O-])c1. The van der Waals surface area contributed by atoms with E-state index in [2.05, 4.69) is 5.32 Å². The zero-order chi connectivity index (χ0) is 14.7. The third-order valence-corrected chi connectivity index (χ3v) is 2.49. The molecule has 0 aliphatic carbocycles. The quantitative estimate of drug-likeness (QED) is 0.692. The molecule has 102 valence electrons. The molecule has 0 unspecified atom stereocenters. The lowest BCUT2D eigenvalue weighted by Crippen LogP contribution is -2.12. The van der Waals surface area contributed by atoms with Crippen LogP contribution in [0.5, 0.6) is 0 Å². The number of nitrogens with one attached hydrogen (secondary N) is 1. The Kier molecular flexibility index (Phi) is 3.69. The third kappa shape index (κ3) is 2.94. The lowest BCUT2D eigenvalue weighted by molar-refractivity contribution is -0.387. The van der Waals surface area contributed by atoms with Crippen LogP contribution in [0.1, 0.15) is 10.4 Å². The maximum Gasteiger partial charge on any atom is 0.305 e. The molecule has 0 spiro atoms. The van der Waals surface area contributed by atoms with Crippen LogP contribution in [-0.2, 0) is 0 Å². The van der Waals surface area contributed by atoms with Gasteiger partial charge in [0.1, 0.15) is 5.82 Å². The molecule has 2 rings (SSSR count). The highest BCUT2D eigenvalue weighted by Crippen LogP contribution is 2.19. The van der Waals surface area contributed by atoms with Crippen LogP contribution in [0.4, 0.5) is 20.2 Å². The molecule has 0 atom stereocenters. The van der Waals surface area contributed by atoms with Crippen molar-refractivity contribution < 1.29 is 18.5 Å². The first-order chi connectivity index (χ1) is 9.47. The number of carbonyl (C=O) groups is 1. The average molecular weight is 278 g/mol. The molecular weight excluding hydrogens is 270 g/mol. The van der Waals surface area contributed by atoms with Crippen molar-refractivity contribution in [1.82, 2.24) is 0 Å². The van der Waals surface area contributed by atoms with Crippen LogP contribution >= 0.6 is 0 Å². The van der Waals surface area contributed by atoms with E-state index in [0.717, 1.165) is 24.3 Å². The number of nitro groups is 1. The number of hydrogen-bond acceptors (Lipinski definition) is 3. The van der Waals surface area contributed by atoms with Crippen LogP contribution in [0, 0.1) is 21.7 Å². The standard InChI is InChI=1S/C13H8F2N2O3/c14-9-2-1-3-10(7-9)16-13(18)8-4-5-11(15)12(6-8)17(19)20/h1-7H,(H,16,18). The summed E-state index contributed by atoms with van der Waals surface area (Å²) in [6.07, 6.45) is 0. The highest BCUT2D eigenvalue weighted by molar-refractivity contribution is 6.04. The van der Waals surface area contributed by atoms with Crippen molar-refractivity contribution in [3.63, 3.8) is 0 Å². The van der Waals surface area contributed by atoms with E-state index in [1.54, 1.807) is 0 Å². The van der Waals surface area contributed by atoms with Gasteiger partial charge >= 0.3 is 5.69 Å². The third-order valence-electron chi connectivity index (χ3n) is 2.49. The van der Waals surface area contributed by atoms with Gasteiger partial charge in [0.25, 0.3) is 5.91 Å². The molecule has 2 aromatic carbocycles. The number of nitrogens with zero attached hydrogens (tertiary/aromatic N) is 1. The monoisotopic (exact) mass is 278 g/mol. The summed E-state index contributed by atoms with van der Waals surface area (Å²) in [4.78, 5) is 21.5. The highest BCUT2D eigenvalue weighted by atomic mass is 19.1. The van der Waals surface area contributed by atoms with Crippen molar-refractivity contribution in [2.45, 2.75) is 0 Å². The average Bonchev–Trinajstić information content (AvgIpc) is 2.38. The molecular formula is C13H8F2N2O3. The fourth-order valence-corrected chi connectivity index (χ4v) is 1.56. The topological polar surface area (TPSA) is 72.2 Å². The minimum atomic E-state index is -1.03. The summed E-state index contributed by atoms with van der Waals surface area (Å²) >= 11 is 0. The molecule has 7 heteroatoms. The Morgan fingerprint density at radius 2 is 1.90 bits per heavy atom. The number of rotatable bonds is 3. The van der Waals surface area contributed by atoms with Gasteiger partial charge in [-0.15, -0.1) is 0 Å². The molecule has 0 saturated heterocycles. The second-order valence-corrected chi connectivity index (χ2v) is 3.89. The van der Waals surface area contributed by atoms with Gasteiger partial charge in [-0.25, -0.2) is 4.39 Å². The fraction of sp³-hybridized carbons (Fsp3) is 0. The van der Waals surface area contributed by atoms with Gasteiger partial charge in [-0.05, 0) is 30.3 Å². The number of amides is 1. The van der Waals surface area contributed by atoms with E-state index >= 15 is 0 Å². The van der Waals surface area contributed by atoms with Crippen LogP contribution in [0.25, 0.3) is 0 Å². The van der Waals surface area contributed by atoms with Gasteiger partial charge in [0.15, 0.2) is 0 Å². The minimum absolute atomic E-state index is 0.0950. The van der Waals surface area contributed by atoms with Crippen molar-refractivity contribution in [2.24, 2.45) is 0 Å². The molecule has 0 aromatic heterocycles. The minimum Gasteiger partial charge on any atom is -0.322 e. The Hall–Kier alpha value is -2.83. The van der Waals surface area contributed by atoms with Crippen molar-refractivity contribution in [3.8, 4) is 0 Å². The molecule has 0 heterocycles. The molecule has 0 radical (unpaired) electrons. The predicted molar refractivity (Wildman–Crippen MR) is 67.4 cm³/mol. The van der Waals surface area contributed by atoms with Gasteiger partial charge in [0.2, 0.25) is 5.82 Å². The summed E-state index contributed by atoms with van der Waals surface area (Å²) in [5.74, 6) is -2.26. The smallest absolute Gasteiger partial charge is 0.305 e. The maximum atomic E-state index is 13.1. The van der Waals surface area contributed by atoms with Crippen molar-refractivity contribution in [2.75, 3.05) is 5.32 Å². The normalized spacial score (nSPS) is 10.1.